The van der Waals surface area contributed by atoms with Crippen LogP contribution in [0.15, 0.2) is 54.6 Å². The normalized spacial score (nSPS) is 11.3. The fourth-order valence-electron chi connectivity index (χ4n) is 2.30. The van der Waals surface area contributed by atoms with Crippen LogP contribution in [-0.4, -0.2) is 35.6 Å². The Morgan fingerprint density at radius 2 is 1.67 bits per heavy atom. The minimum atomic E-state index is -1.17. The van der Waals surface area contributed by atoms with E-state index in [2.05, 4.69) is 10.1 Å². The van der Waals surface area contributed by atoms with E-state index in [0.29, 0.717) is 12.4 Å². The molecule has 2 rings (SSSR count). The quantitative estimate of drug-likeness (QED) is 0.653. The zero-order valence-electron chi connectivity index (χ0n) is 14.9. The first-order chi connectivity index (χ1) is 12.9. The third-order valence-electron chi connectivity index (χ3n) is 3.65. The maximum absolute atomic E-state index is 11.7. The fourth-order valence-corrected chi connectivity index (χ4v) is 2.30. The van der Waals surface area contributed by atoms with Gasteiger partial charge in [0.2, 0.25) is 0 Å². The second-order valence-electron chi connectivity index (χ2n) is 5.86. The summed E-state index contributed by atoms with van der Waals surface area (Å²) in [5.41, 5.74) is 1.77. The molecule has 0 radical (unpaired) electrons. The van der Waals surface area contributed by atoms with Crippen LogP contribution in [0.25, 0.3) is 0 Å². The second-order valence-corrected chi connectivity index (χ2v) is 5.86. The van der Waals surface area contributed by atoms with Crippen LogP contribution in [0.2, 0.25) is 0 Å². The number of rotatable bonds is 9. The Labute approximate surface area is 156 Å². The third-order valence-corrected chi connectivity index (χ3v) is 3.65. The summed E-state index contributed by atoms with van der Waals surface area (Å²) in [6.07, 6.45) is 0.0973. The van der Waals surface area contributed by atoms with E-state index in [1.165, 1.54) is 6.92 Å². The zero-order valence-corrected chi connectivity index (χ0v) is 14.9. The largest absolute Gasteiger partial charge is 0.489 e. The fraction of sp³-hybridized carbons (Fsp3) is 0.250. The van der Waals surface area contributed by atoms with E-state index >= 15 is 0 Å². The van der Waals surface area contributed by atoms with Gasteiger partial charge in [-0.15, -0.1) is 0 Å². The number of hydrogen-bond acceptors (Lipinski definition) is 5. The van der Waals surface area contributed by atoms with Gasteiger partial charge in [0.25, 0.3) is 5.91 Å². The molecule has 2 N–H and O–H groups in total. The Morgan fingerprint density at radius 1 is 1.00 bits per heavy atom. The second kappa shape index (κ2) is 9.96. The number of aliphatic carboxylic acids is 1. The SMILES string of the molecule is CC(=O)OCC(=O)N[C@@H](Cc1ccc(OCc2ccccc2)cc1)C(=O)O. The van der Waals surface area contributed by atoms with Crippen LogP contribution < -0.4 is 10.1 Å². The van der Waals surface area contributed by atoms with Gasteiger partial charge in [0.05, 0.1) is 0 Å². The molecule has 1 atom stereocenters. The molecule has 0 spiro atoms. The van der Waals surface area contributed by atoms with Crippen molar-refractivity contribution in [3.63, 3.8) is 0 Å². The predicted octanol–water partition coefficient (Wildman–Crippen LogP) is 1.94. The standard InChI is InChI=1S/C20H21NO6/c1-14(22)26-13-19(23)21-18(20(24)25)11-15-7-9-17(10-8-15)27-12-16-5-3-2-4-6-16/h2-10,18H,11-13H2,1H3,(H,21,23)(H,24,25)/t18-/m0/s1. The summed E-state index contributed by atoms with van der Waals surface area (Å²) in [4.78, 5) is 33.7. The molecule has 0 aromatic heterocycles. The lowest BCUT2D eigenvalue weighted by Crippen LogP contribution is -2.44. The molecular weight excluding hydrogens is 350 g/mol. The summed E-state index contributed by atoms with van der Waals surface area (Å²) in [5, 5.41) is 11.6. The highest BCUT2D eigenvalue weighted by Crippen LogP contribution is 2.15. The number of carboxylic acids is 1. The Kier molecular flexibility index (Phi) is 7.37. The van der Waals surface area contributed by atoms with Gasteiger partial charge in [-0.1, -0.05) is 42.5 Å². The Bertz CT molecular complexity index is 773. The summed E-state index contributed by atoms with van der Waals surface area (Å²) in [6.45, 7) is 1.10. The van der Waals surface area contributed by atoms with Gasteiger partial charge in [0.15, 0.2) is 6.61 Å². The predicted molar refractivity (Wildman–Crippen MR) is 97.1 cm³/mol. The van der Waals surface area contributed by atoms with Crippen LogP contribution in [-0.2, 0) is 32.1 Å². The topological polar surface area (TPSA) is 102 Å². The Balaban J connectivity index is 1.89. The van der Waals surface area contributed by atoms with E-state index in [1.807, 2.05) is 30.3 Å². The van der Waals surface area contributed by atoms with Crippen molar-refractivity contribution in [1.82, 2.24) is 5.32 Å². The lowest BCUT2D eigenvalue weighted by atomic mass is 10.1. The molecular formula is C20H21NO6. The number of carbonyl (C=O) groups is 3. The van der Waals surface area contributed by atoms with Crippen molar-refractivity contribution in [2.45, 2.75) is 26.0 Å². The van der Waals surface area contributed by atoms with Gasteiger partial charge in [-0.3, -0.25) is 9.59 Å². The molecule has 1 amide bonds. The van der Waals surface area contributed by atoms with E-state index in [0.717, 1.165) is 11.1 Å². The van der Waals surface area contributed by atoms with Crippen molar-refractivity contribution in [2.24, 2.45) is 0 Å². The number of hydrogen-bond donors (Lipinski definition) is 2. The molecule has 0 aliphatic heterocycles. The van der Waals surface area contributed by atoms with Gasteiger partial charge in [-0.25, -0.2) is 4.79 Å². The Hall–Kier alpha value is -3.35. The van der Waals surface area contributed by atoms with E-state index in [4.69, 9.17) is 4.74 Å². The van der Waals surface area contributed by atoms with Gasteiger partial charge in [-0.2, -0.15) is 0 Å². The number of amides is 1. The third kappa shape index (κ3) is 7.19. The first kappa shape index (κ1) is 20.0. The van der Waals surface area contributed by atoms with Crippen LogP contribution in [0.5, 0.6) is 5.75 Å². The first-order valence-electron chi connectivity index (χ1n) is 8.35. The molecule has 0 unspecified atom stereocenters. The van der Waals surface area contributed by atoms with Crippen LogP contribution in [0.1, 0.15) is 18.1 Å². The molecule has 0 fully saturated rings. The monoisotopic (exact) mass is 371 g/mol. The number of esters is 1. The summed E-state index contributed by atoms with van der Waals surface area (Å²) in [7, 11) is 0. The van der Waals surface area contributed by atoms with Crippen LogP contribution in [0.4, 0.5) is 0 Å². The summed E-state index contributed by atoms with van der Waals surface area (Å²) >= 11 is 0. The summed E-state index contributed by atoms with van der Waals surface area (Å²) in [5.74, 6) is -1.78. The van der Waals surface area contributed by atoms with Gasteiger partial charge in [0.1, 0.15) is 18.4 Å². The molecule has 0 aliphatic carbocycles. The lowest BCUT2D eigenvalue weighted by Gasteiger charge is -2.15. The van der Waals surface area contributed by atoms with Crippen molar-refractivity contribution < 1.29 is 29.0 Å². The number of benzene rings is 2. The number of carbonyl (C=O) groups excluding carboxylic acids is 2. The number of nitrogens with one attached hydrogen (secondary N) is 1. The van der Waals surface area contributed by atoms with Crippen molar-refractivity contribution >= 4 is 17.8 Å². The minimum absolute atomic E-state index is 0.0973. The molecule has 7 nitrogen and oxygen atoms in total. The van der Waals surface area contributed by atoms with E-state index in [9.17, 15) is 19.5 Å². The zero-order chi connectivity index (χ0) is 19.6. The highest BCUT2D eigenvalue weighted by Gasteiger charge is 2.20. The number of ether oxygens (including phenoxy) is 2. The maximum atomic E-state index is 11.7. The van der Waals surface area contributed by atoms with Gasteiger partial charge in [-0.05, 0) is 23.3 Å². The van der Waals surface area contributed by atoms with Crippen LogP contribution in [0, 0.1) is 0 Å². The molecule has 0 heterocycles. The Morgan fingerprint density at radius 3 is 2.26 bits per heavy atom. The van der Waals surface area contributed by atoms with E-state index < -0.39 is 30.5 Å². The first-order valence-corrected chi connectivity index (χ1v) is 8.35. The minimum Gasteiger partial charge on any atom is -0.489 e. The molecule has 27 heavy (non-hydrogen) atoms. The highest BCUT2D eigenvalue weighted by molar-refractivity contribution is 5.85. The molecule has 0 bridgehead atoms. The van der Waals surface area contributed by atoms with Crippen molar-refractivity contribution in [1.29, 1.82) is 0 Å². The molecule has 0 aliphatic rings. The lowest BCUT2D eigenvalue weighted by molar-refractivity contribution is -0.148. The van der Waals surface area contributed by atoms with Crippen LogP contribution in [0.3, 0.4) is 0 Å². The van der Waals surface area contributed by atoms with Gasteiger partial charge < -0.3 is 19.9 Å². The summed E-state index contributed by atoms with van der Waals surface area (Å²) in [6, 6.07) is 15.6. The summed E-state index contributed by atoms with van der Waals surface area (Å²) < 4.78 is 10.2. The van der Waals surface area contributed by atoms with Crippen molar-refractivity contribution in [3.8, 4) is 5.75 Å². The molecule has 0 saturated carbocycles. The van der Waals surface area contributed by atoms with Crippen molar-refractivity contribution in [2.75, 3.05) is 6.61 Å². The molecule has 0 saturated heterocycles. The van der Waals surface area contributed by atoms with E-state index in [-0.39, 0.29) is 6.42 Å². The van der Waals surface area contributed by atoms with Crippen molar-refractivity contribution in [3.05, 3.63) is 65.7 Å². The maximum Gasteiger partial charge on any atom is 0.326 e. The van der Waals surface area contributed by atoms with Gasteiger partial charge >= 0.3 is 11.9 Å². The molecule has 142 valence electrons. The molecule has 7 heteroatoms. The molecule has 2 aromatic carbocycles. The molecule has 2 aromatic rings. The van der Waals surface area contributed by atoms with E-state index in [1.54, 1.807) is 24.3 Å². The highest BCUT2D eigenvalue weighted by atomic mass is 16.5. The van der Waals surface area contributed by atoms with Crippen LogP contribution >= 0.6 is 0 Å². The smallest absolute Gasteiger partial charge is 0.326 e. The average Bonchev–Trinajstić information content (AvgIpc) is 2.66. The average molecular weight is 371 g/mol. The number of carboxylic acid groups (broad SMARTS) is 1. The van der Waals surface area contributed by atoms with Gasteiger partial charge in [0, 0.05) is 13.3 Å².